The molecule has 3 unspecified atom stereocenters. The van der Waals surface area contributed by atoms with Crippen molar-refractivity contribution in [3.8, 4) is 0 Å². The van der Waals surface area contributed by atoms with Gasteiger partial charge in [0.1, 0.15) is 0 Å². The van der Waals surface area contributed by atoms with E-state index in [0.29, 0.717) is 26.3 Å². The van der Waals surface area contributed by atoms with Crippen LogP contribution in [0.25, 0.3) is 0 Å². The number of hydrogen-bond acceptors (Lipinski definition) is 4. The van der Waals surface area contributed by atoms with Gasteiger partial charge in [0.05, 0.1) is 19.3 Å². The van der Waals surface area contributed by atoms with E-state index in [1.165, 1.54) is 6.42 Å². The lowest BCUT2D eigenvalue weighted by Crippen LogP contribution is -2.56. The summed E-state index contributed by atoms with van der Waals surface area (Å²) in [5.74, 6) is -0.364. The number of nitrogens with two attached hydrogens (primary N) is 1. The molecule has 6 nitrogen and oxygen atoms in total. The van der Waals surface area contributed by atoms with Crippen LogP contribution >= 0.6 is 0 Å². The minimum Gasteiger partial charge on any atom is -0.378 e. The summed E-state index contributed by atoms with van der Waals surface area (Å²) in [4.78, 5) is 29.8. The molecule has 2 rings (SSSR count). The number of carbonyl (C=O) groups excluding carboxylic acids is 2. The Morgan fingerprint density at radius 3 is 1.96 bits per heavy atom. The largest absolute Gasteiger partial charge is 0.378 e. The summed E-state index contributed by atoms with van der Waals surface area (Å²) in [5, 5.41) is 0. The SMILES string of the molecule is CC(C(N)C(=O)N1CCOCC1)C(C(=O)N1CCCCC1)C(C)(C)C. The van der Waals surface area contributed by atoms with E-state index in [1.54, 1.807) is 4.90 Å². The summed E-state index contributed by atoms with van der Waals surface area (Å²) >= 11 is 0. The number of morpholine rings is 1. The van der Waals surface area contributed by atoms with Crippen molar-refractivity contribution in [2.24, 2.45) is 23.0 Å². The number of hydrogen-bond donors (Lipinski definition) is 1. The van der Waals surface area contributed by atoms with Crippen molar-refractivity contribution < 1.29 is 14.3 Å². The van der Waals surface area contributed by atoms with Gasteiger partial charge in [-0.3, -0.25) is 9.59 Å². The molecule has 0 bridgehead atoms. The van der Waals surface area contributed by atoms with Crippen LogP contribution in [0.3, 0.4) is 0 Å². The second-order valence-corrected chi connectivity index (χ2v) is 8.55. The second-order valence-electron chi connectivity index (χ2n) is 8.55. The topological polar surface area (TPSA) is 75.9 Å². The highest BCUT2D eigenvalue weighted by molar-refractivity contribution is 5.85. The molecule has 2 N–H and O–H groups in total. The fourth-order valence-corrected chi connectivity index (χ4v) is 4.12. The van der Waals surface area contributed by atoms with Crippen molar-refractivity contribution >= 4 is 11.8 Å². The number of carbonyl (C=O) groups is 2. The molecule has 2 heterocycles. The normalized spacial score (nSPS) is 23.1. The minimum absolute atomic E-state index is 0.0588. The average molecular weight is 354 g/mol. The Morgan fingerprint density at radius 2 is 1.44 bits per heavy atom. The van der Waals surface area contributed by atoms with E-state index in [4.69, 9.17) is 10.5 Å². The summed E-state index contributed by atoms with van der Waals surface area (Å²) in [6, 6.07) is -0.656. The maximum Gasteiger partial charge on any atom is 0.239 e. The number of ether oxygens (including phenoxy) is 1. The molecule has 25 heavy (non-hydrogen) atoms. The van der Waals surface area contributed by atoms with Crippen LogP contribution < -0.4 is 5.73 Å². The molecular formula is C19H35N3O3. The lowest BCUT2D eigenvalue weighted by Gasteiger charge is -2.41. The first-order valence-corrected chi connectivity index (χ1v) is 9.64. The number of piperidine rings is 1. The number of nitrogens with zero attached hydrogens (tertiary/aromatic N) is 2. The molecule has 2 amide bonds. The summed E-state index contributed by atoms with van der Waals surface area (Å²) in [6.07, 6.45) is 3.32. The smallest absolute Gasteiger partial charge is 0.239 e. The molecule has 0 aromatic carbocycles. The quantitative estimate of drug-likeness (QED) is 0.831. The van der Waals surface area contributed by atoms with Crippen LogP contribution in [0.4, 0.5) is 0 Å². The van der Waals surface area contributed by atoms with Crippen molar-refractivity contribution in [2.75, 3.05) is 39.4 Å². The second kappa shape index (κ2) is 8.49. The highest BCUT2D eigenvalue weighted by atomic mass is 16.5. The molecule has 0 saturated carbocycles. The maximum absolute atomic E-state index is 13.2. The average Bonchev–Trinajstić information content (AvgIpc) is 2.60. The highest BCUT2D eigenvalue weighted by Gasteiger charge is 2.43. The van der Waals surface area contributed by atoms with Gasteiger partial charge in [-0.25, -0.2) is 0 Å². The van der Waals surface area contributed by atoms with Gasteiger partial charge in [-0.1, -0.05) is 27.7 Å². The lowest BCUT2D eigenvalue weighted by atomic mass is 9.70. The maximum atomic E-state index is 13.2. The number of rotatable bonds is 4. The van der Waals surface area contributed by atoms with Crippen molar-refractivity contribution in [1.29, 1.82) is 0 Å². The van der Waals surface area contributed by atoms with Gasteiger partial charge in [0.2, 0.25) is 11.8 Å². The minimum atomic E-state index is -0.656. The molecule has 3 atom stereocenters. The van der Waals surface area contributed by atoms with Gasteiger partial charge in [-0.05, 0) is 30.6 Å². The van der Waals surface area contributed by atoms with Crippen LogP contribution in [0.1, 0.15) is 47.0 Å². The monoisotopic (exact) mass is 353 g/mol. The Bertz CT molecular complexity index is 463. The molecule has 0 aromatic rings. The first-order valence-electron chi connectivity index (χ1n) is 9.64. The van der Waals surface area contributed by atoms with Gasteiger partial charge in [0, 0.05) is 32.1 Å². The Balaban J connectivity index is 2.12. The number of likely N-dealkylation sites (tertiary alicyclic amines) is 1. The van der Waals surface area contributed by atoms with Crippen molar-refractivity contribution in [1.82, 2.24) is 9.80 Å². The third-order valence-corrected chi connectivity index (χ3v) is 5.57. The molecule has 2 aliphatic rings. The van der Waals surface area contributed by atoms with E-state index < -0.39 is 6.04 Å². The van der Waals surface area contributed by atoms with Gasteiger partial charge in [0.15, 0.2) is 0 Å². The van der Waals surface area contributed by atoms with E-state index in [1.807, 2.05) is 11.8 Å². The first kappa shape index (κ1) is 20.2. The van der Waals surface area contributed by atoms with E-state index in [9.17, 15) is 9.59 Å². The molecule has 6 heteroatoms. The fourth-order valence-electron chi connectivity index (χ4n) is 4.12. The van der Waals surface area contributed by atoms with E-state index >= 15 is 0 Å². The molecule has 144 valence electrons. The molecule has 2 saturated heterocycles. The van der Waals surface area contributed by atoms with Crippen LogP contribution in [0.15, 0.2) is 0 Å². The summed E-state index contributed by atoms with van der Waals surface area (Å²) in [6.45, 7) is 12.1. The zero-order chi connectivity index (χ0) is 18.6. The van der Waals surface area contributed by atoms with Crippen molar-refractivity contribution in [3.05, 3.63) is 0 Å². The molecule has 0 spiro atoms. The summed E-state index contributed by atoms with van der Waals surface area (Å²) in [5.41, 5.74) is 6.11. The Hall–Kier alpha value is -1.14. The van der Waals surface area contributed by atoms with Gasteiger partial charge in [-0.2, -0.15) is 0 Å². The van der Waals surface area contributed by atoms with E-state index in [0.717, 1.165) is 25.9 Å². The Labute approximate surface area is 152 Å². The van der Waals surface area contributed by atoms with Crippen LogP contribution in [0.2, 0.25) is 0 Å². The van der Waals surface area contributed by atoms with Crippen molar-refractivity contribution in [2.45, 2.75) is 53.0 Å². The standard InChI is InChI=1S/C19H35N3O3/c1-14(16(20)18(24)22-10-12-25-13-11-22)15(19(2,3)4)17(23)21-8-6-5-7-9-21/h14-16H,5-13,20H2,1-4H3. The van der Waals surface area contributed by atoms with Crippen LogP contribution in [0, 0.1) is 17.3 Å². The van der Waals surface area contributed by atoms with Gasteiger partial charge in [0.25, 0.3) is 0 Å². The molecule has 0 aromatic heterocycles. The van der Waals surface area contributed by atoms with Crippen LogP contribution in [0.5, 0.6) is 0 Å². The number of amides is 2. The predicted molar refractivity (Wildman–Crippen MR) is 97.9 cm³/mol. The van der Waals surface area contributed by atoms with Gasteiger partial charge >= 0.3 is 0 Å². The Kier molecular flexibility index (Phi) is 6.86. The highest BCUT2D eigenvalue weighted by Crippen LogP contribution is 2.36. The van der Waals surface area contributed by atoms with Crippen LogP contribution in [-0.2, 0) is 14.3 Å². The van der Waals surface area contributed by atoms with Gasteiger partial charge in [-0.15, -0.1) is 0 Å². The predicted octanol–water partition coefficient (Wildman–Crippen LogP) is 1.48. The van der Waals surface area contributed by atoms with Crippen molar-refractivity contribution in [3.63, 3.8) is 0 Å². The molecule has 2 aliphatic heterocycles. The molecular weight excluding hydrogens is 318 g/mol. The zero-order valence-corrected chi connectivity index (χ0v) is 16.3. The summed E-state index contributed by atoms with van der Waals surface area (Å²) < 4.78 is 5.31. The molecule has 2 fully saturated rings. The zero-order valence-electron chi connectivity index (χ0n) is 16.3. The van der Waals surface area contributed by atoms with Gasteiger partial charge < -0.3 is 20.3 Å². The summed E-state index contributed by atoms with van der Waals surface area (Å²) in [7, 11) is 0. The third kappa shape index (κ3) is 4.94. The molecule has 0 radical (unpaired) electrons. The van der Waals surface area contributed by atoms with Crippen LogP contribution in [-0.4, -0.2) is 67.0 Å². The Morgan fingerprint density at radius 1 is 0.920 bits per heavy atom. The van der Waals surface area contributed by atoms with E-state index in [-0.39, 0.29) is 29.1 Å². The first-order chi connectivity index (χ1) is 11.7. The fraction of sp³-hybridized carbons (Fsp3) is 0.895. The molecule has 0 aliphatic carbocycles. The third-order valence-electron chi connectivity index (χ3n) is 5.57. The van der Waals surface area contributed by atoms with E-state index in [2.05, 4.69) is 20.8 Å². The lowest BCUT2D eigenvalue weighted by molar-refractivity contribution is -0.145.